The minimum Gasteiger partial charge on any atom is -0.497 e. The summed E-state index contributed by atoms with van der Waals surface area (Å²) in [5, 5.41) is 7.12. The number of amides is 1. The molecule has 0 radical (unpaired) electrons. The Morgan fingerprint density at radius 3 is 2.34 bits per heavy atom. The lowest BCUT2D eigenvalue weighted by atomic mass is 9.95. The van der Waals surface area contributed by atoms with Crippen molar-refractivity contribution in [2.24, 2.45) is 7.05 Å². The fourth-order valence-electron chi connectivity index (χ4n) is 3.74. The summed E-state index contributed by atoms with van der Waals surface area (Å²) in [6.45, 7) is 4.12. The molecular weight excluding hydrogens is 429 g/mol. The van der Waals surface area contributed by atoms with Gasteiger partial charge >= 0.3 is 12.1 Å². The molecule has 2 aromatic rings. The first-order chi connectivity index (χ1) is 15.1. The largest absolute Gasteiger partial charge is 0.497 e. The molecule has 0 saturated carbocycles. The highest BCUT2D eigenvalue weighted by Gasteiger charge is 2.38. The van der Waals surface area contributed by atoms with Crippen LogP contribution < -0.4 is 4.74 Å². The van der Waals surface area contributed by atoms with Gasteiger partial charge in [-0.2, -0.15) is 13.2 Å². The minimum absolute atomic E-state index is 0.116. The summed E-state index contributed by atoms with van der Waals surface area (Å²) in [4.78, 5) is 30.6. The summed E-state index contributed by atoms with van der Waals surface area (Å²) in [5.74, 6) is -1.77. The lowest BCUT2D eigenvalue weighted by Gasteiger charge is -2.38. The zero-order valence-electron chi connectivity index (χ0n) is 17.8. The van der Waals surface area contributed by atoms with E-state index >= 15 is 0 Å². The van der Waals surface area contributed by atoms with Gasteiger partial charge in [0.1, 0.15) is 5.75 Å². The van der Waals surface area contributed by atoms with Crippen LogP contribution in [0.1, 0.15) is 29.3 Å². The Balaban J connectivity index is 0.000000360. The van der Waals surface area contributed by atoms with Crippen molar-refractivity contribution < 1.29 is 32.6 Å². The smallest absolute Gasteiger partial charge is 0.490 e. The van der Waals surface area contributed by atoms with Crippen LogP contribution in [0, 0.1) is 0 Å². The number of aromatic nitrogens is 2. The number of likely N-dealkylation sites (tertiary alicyclic amines) is 1. The Bertz CT molecular complexity index is 955. The van der Waals surface area contributed by atoms with E-state index in [2.05, 4.69) is 22.0 Å². The summed E-state index contributed by atoms with van der Waals surface area (Å²) in [6, 6.07) is 8.13. The normalized spacial score (nSPS) is 18.2. The summed E-state index contributed by atoms with van der Waals surface area (Å²) in [6.07, 6.45) is -2.13. The molecule has 2 aliphatic heterocycles. The van der Waals surface area contributed by atoms with Crippen LogP contribution in [0.25, 0.3) is 0 Å². The summed E-state index contributed by atoms with van der Waals surface area (Å²) < 4.78 is 39.0. The molecule has 2 aliphatic rings. The second-order valence-corrected chi connectivity index (χ2v) is 7.74. The number of carbonyl (C=O) groups excluding carboxylic acids is 1. The van der Waals surface area contributed by atoms with Crippen LogP contribution in [0.3, 0.4) is 0 Å². The number of aryl methyl sites for hydroxylation is 1. The predicted molar refractivity (Wildman–Crippen MR) is 108 cm³/mol. The third-order valence-corrected chi connectivity index (χ3v) is 5.48. The summed E-state index contributed by atoms with van der Waals surface area (Å²) in [5.41, 5.74) is 3.33. The van der Waals surface area contributed by atoms with Gasteiger partial charge in [0.05, 0.1) is 30.7 Å². The number of carboxylic acid groups (broad SMARTS) is 1. The Morgan fingerprint density at radius 1 is 1.22 bits per heavy atom. The van der Waals surface area contributed by atoms with Crippen LogP contribution in [0.5, 0.6) is 5.75 Å². The SMILES string of the molecule is COc1ccc(CN2Cc3ncn(C)c3C(C(=O)N3CCC3)C2)cc1.O=C(O)C(F)(F)F. The quantitative estimate of drug-likeness (QED) is 0.764. The number of methoxy groups -OCH3 is 1. The van der Waals surface area contributed by atoms with Gasteiger partial charge in [0.15, 0.2) is 0 Å². The van der Waals surface area contributed by atoms with Crippen molar-refractivity contribution >= 4 is 11.9 Å². The van der Waals surface area contributed by atoms with Gasteiger partial charge in [0, 0.05) is 39.8 Å². The fraction of sp³-hybridized carbons (Fsp3) is 0.476. The molecule has 1 amide bonds. The average Bonchev–Trinajstić information content (AvgIpc) is 3.07. The highest BCUT2D eigenvalue weighted by Crippen LogP contribution is 2.31. The predicted octanol–water partition coefficient (Wildman–Crippen LogP) is 2.39. The van der Waals surface area contributed by atoms with Crippen LogP contribution in [-0.4, -0.2) is 69.3 Å². The van der Waals surface area contributed by atoms with Crippen LogP contribution in [0.2, 0.25) is 0 Å². The zero-order valence-corrected chi connectivity index (χ0v) is 17.8. The molecule has 1 aromatic carbocycles. The van der Waals surface area contributed by atoms with Gasteiger partial charge in [0.25, 0.3) is 0 Å². The number of fused-ring (bicyclic) bond motifs is 1. The van der Waals surface area contributed by atoms with E-state index in [1.54, 1.807) is 7.11 Å². The van der Waals surface area contributed by atoms with E-state index in [1.807, 2.05) is 35.0 Å². The molecule has 32 heavy (non-hydrogen) atoms. The van der Waals surface area contributed by atoms with Crippen molar-refractivity contribution in [3.63, 3.8) is 0 Å². The van der Waals surface area contributed by atoms with Crippen molar-refractivity contribution in [3.05, 3.63) is 47.5 Å². The minimum atomic E-state index is -5.08. The maximum Gasteiger partial charge on any atom is 0.490 e. The lowest BCUT2D eigenvalue weighted by molar-refractivity contribution is -0.192. The Hall–Kier alpha value is -3.08. The number of hydrogen-bond donors (Lipinski definition) is 1. The Kier molecular flexibility index (Phi) is 7.07. The molecule has 0 aliphatic carbocycles. The van der Waals surface area contributed by atoms with E-state index in [4.69, 9.17) is 14.6 Å². The molecule has 1 atom stereocenters. The maximum absolute atomic E-state index is 12.9. The van der Waals surface area contributed by atoms with Gasteiger partial charge in [-0.1, -0.05) is 12.1 Å². The van der Waals surface area contributed by atoms with E-state index in [-0.39, 0.29) is 11.8 Å². The van der Waals surface area contributed by atoms with E-state index < -0.39 is 12.1 Å². The monoisotopic (exact) mass is 454 g/mol. The molecule has 0 spiro atoms. The molecule has 1 aromatic heterocycles. The Morgan fingerprint density at radius 2 is 1.84 bits per heavy atom. The van der Waals surface area contributed by atoms with E-state index in [0.717, 1.165) is 56.3 Å². The molecular formula is C21H25F3N4O4. The van der Waals surface area contributed by atoms with Crippen LogP contribution in [0.15, 0.2) is 30.6 Å². The second-order valence-electron chi connectivity index (χ2n) is 7.74. The standard InChI is InChI=1S/C19H24N4O2.C2HF3O2/c1-21-13-20-17-12-22(10-14-4-6-15(25-2)7-5-14)11-16(18(17)21)19(24)23-8-3-9-23;3-2(4,5)1(6)7/h4-7,13,16H,3,8-12H2,1-2H3;(H,6,7). The molecule has 4 rings (SSSR count). The molecule has 8 nitrogen and oxygen atoms in total. The van der Waals surface area contributed by atoms with Gasteiger partial charge < -0.3 is 19.3 Å². The molecule has 1 fully saturated rings. The highest BCUT2D eigenvalue weighted by molar-refractivity contribution is 5.84. The number of rotatable bonds is 4. The van der Waals surface area contributed by atoms with Gasteiger partial charge in [-0.15, -0.1) is 0 Å². The first-order valence-electron chi connectivity index (χ1n) is 10.0. The number of aliphatic carboxylic acids is 1. The number of carboxylic acids is 1. The topological polar surface area (TPSA) is 87.9 Å². The fourth-order valence-corrected chi connectivity index (χ4v) is 3.74. The third kappa shape index (κ3) is 5.39. The molecule has 0 bridgehead atoms. The van der Waals surface area contributed by atoms with E-state index in [0.29, 0.717) is 0 Å². The number of halogens is 3. The number of hydrogen-bond acceptors (Lipinski definition) is 5. The van der Waals surface area contributed by atoms with Crippen molar-refractivity contribution in [1.82, 2.24) is 19.4 Å². The van der Waals surface area contributed by atoms with Crippen molar-refractivity contribution in [3.8, 4) is 5.75 Å². The van der Waals surface area contributed by atoms with E-state index in [9.17, 15) is 18.0 Å². The van der Waals surface area contributed by atoms with Gasteiger partial charge in [0.2, 0.25) is 5.91 Å². The van der Waals surface area contributed by atoms with Gasteiger partial charge in [-0.3, -0.25) is 9.69 Å². The summed E-state index contributed by atoms with van der Waals surface area (Å²) in [7, 11) is 3.66. The molecule has 11 heteroatoms. The number of alkyl halides is 3. The first-order valence-corrected chi connectivity index (χ1v) is 10.0. The first kappa shape index (κ1) is 23.6. The molecule has 1 unspecified atom stereocenters. The van der Waals surface area contributed by atoms with Crippen molar-refractivity contribution in [1.29, 1.82) is 0 Å². The highest BCUT2D eigenvalue weighted by atomic mass is 19.4. The van der Waals surface area contributed by atoms with Gasteiger partial charge in [-0.05, 0) is 24.1 Å². The molecule has 1 saturated heterocycles. The van der Waals surface area contributed by atoms with Gasteiger partial charge in [-0.25, -0.2) is 9.78 Å². The second kappa shape index (κ2) is 9.60. The summed E-state index contributed by atoms with van der Waals surface area (Å²) >= 11 is 0. The number of ether oxygens (including phenoxy) is 1. The molecule has 3 heterocycles. The molecule has 174 valence electrons. The third-order valence-electron chi connectivity index (χ3n) is 5.48. The number of nitrogens with zero attached hydrogens (tertiary/aromatic N) is 4. The number of imidazole rings is 1. The lowest BCUT2D eigenvalue weighted by Crippen LogP contribution is -2.48. The van der Waals surface area contributed by atoms with Crippen LogP contribution in [0.4, 0.5) is 13.2 Å². The number of carbonyl (C=O) groups is 2. The Labute approximate surface area is 183 Å². The maximum atomic E-state index is 12.9. The van der Waals surface area contributed by atoms with Crippen LogP contribution >= 0.6 is 0 Å². The van der Waals surface area contributed by atoms with Crippen molar-refractivity contribution in [2.45, 2.75) is 31.6 Å². The van der Waals surface area contributed by atoms with E-state index in [1.165, 1.54) is 5.56 Å². The number of benzene rings is 1. The van der Waals surface area contributed by atoms with Crippen molar-refractivity contribution in [2.75, 3.05) is 26.7 Å². The average molecular weight is 454 g/mol. The zero-order chi connectivity index (χ0) is 23.5. The van der Waals surface area contributed by atoms with Crippen LogP contribution in [-0.2, 0) is 29.7 Å². The molecule has 1 N–H and O–H groups in total.